The molecule has 0 amide bonds. The summed E-state index contributed by atoms with van der Waals surface area (Å²) in [6.07, 6.45) is -2.04. The van der Waals surface area contributed by atoms with E-state index in [1.54, 1.807) is 0 Å². The third kappa shape index (κ3) is 3.98. The van der Waals surface area contributed by atoms with E-state index in [0.29, 0.717) is 4.31 Å². The first-order valence-electron chi connectivity index (χ1n) is 4.65. The molecule has 0 aliphatic heterocycles. The first-order valence-corrected chi connectivity index (χ1v) is 6.49. The molecule has 90 valence electrons. The summed E-state index contributed by atoms with van der Waals surface area (Å²) in [7, 11) is -3.79. The maximum atomic E-state index is 12.2. The molecule has 1 saturated carbocycles. The minimum absolute atomic E-state index is 0.0853. The Hall–Kier alpha value is -0.300. The zero-order chi connectivity index (χ0) is 11.9. The van der Waals surface area contributed by atoms with Crippen LogP contribution in [0.5, 0.6) is 0 Å². The summed E-state index contributed by atoms with van der Waals surface area (Å²) in [5, 5.41) is 0. The van der Waals surface area contributed by atoms with Gasteiger partial charge in [-0.05, 0) is 25.7 Å². The third-order valence-electron chi connectivity index (χ3n) is 2.52. The smallest absolute Gasteiger partial charge is 0.212 e. The molecule has 1 atom stereocenters. The second-order valence-electron chi connectivity index (χ2n) is 4.00. The Morgan fingerprint density at radius 1 is 1.40 bits per heavy atom. The van der Waals surface area contributed by atoms with Crippen LogP contribution < -0.4 is 0 Å². The molecular weight excluding hydrogens is 231 g/mol. The van der Waals surface area contributed by atoms with Gasteiger partial charge in [-0.3, -0.25) is 0 Å². The van der Waals surface area contributed by atoms with E-state index in [4.69, 9.17) is 0 Å². The molecule has 0 aromatic heterocycles. The van der Waals surface area contributed by atoms with Crippen LogP contribution in [0.4, 0.5) is 13.2 Å². The minimum atomic E-state index is -4.48. The molecule has 15 heavy (non-hydrogen) atoms. The summed E-state index contributed by atoms with van der Waals surface area (Å²) in [5.41, 5.74) is 0. The van der Waals surface area contributed by atoms with Crippen molar-refractivity contribution in [2.75, 3.05) is 12.8 Å². The van der Waals surface area contributed by atoms with Gasteiger partial charge in [-0.15, -0.1) is 0 Å². The molecule has 1 fully saturated rings. The molecular formula is C8H14F3NO2S. The highest BCUT2D eigenvalue weighted by Gasteiger charge is 2.42. The standard InChI is InChI=1S/C8H14F3NO2S/c1-6(7-3-4-7)12(15(2,13)14)5-8(9,10)11/h6-7H,3-5H2,1-2H3. The fourth-order valence-electron chi connectivity index (χ4n) is 1.55. The fraction of sp³-hybridized carbons (Fsp3) is 1.00. The van der Waals surface area contributed by atoms with Crippen molar-refractivity contribution < 1.29 is 21.6 Å². The lowest BCUT2D eigenvalue weighted by Gasteiger charge is -2.27. The topological polar surface area (TPSA) is 37.4 Å². The van der Waals surface area contributed by atoms with Gasteiger partial charge in [0.25, 0.3) is 0 Å². The molecule has 1 aliphatic carbocycles. The van der Waals surface area contributed by atoms with Gasteiger partial charge in [-0.1, -0.05) is 0 Å². The second kappa shape index (κ2) is 3.93. The van der Waals surface area contributed by atoms with Crippen LogP contribution in [0.1, 0.15) is 19.8 Å². The summed E-state index contributed by atoms with van der Waals surface area (Å²) in [6.45, 7) is 0.147. The fourth-order valence-corrected chi connectivity index (χ4v) is 2.71. The largest absolute Gasteiger partial charge is 0.402 e. The van der Waals surface area contributed by atoms with Crippen molar-refractivity contribution in [3.63, 3.8) is 0 Å². The van der Waals surface area contributed by atoms with Crippen LogP contribution in [0.15, 0.2) is 0 Å². The normalized spacial score (nSPS) is 20.7. The summed E-state index contributed by atoms with van der Waals surface area (Å²) in [5.74, 6) is 0.0853. The van der Waals surface area contributed by atoms with Gasteiger partial charge >= 0.3 is 6.18 Å². The van der Waals surface area contributed by atoms with Gasteiger partial charge < -0.3 is 0 Å². The van der Waals surface area contributed by atoms with Gasteiger partial charge in [-0.25, -0.2) is 8.42 Å². The highest BCUT2D eigenvalue weighted by Crippen LogP contribution is 2.36. The molecule has 0 saturated heterocycles. The minimum Gasteiger partial charge on any atom is -0.212 e. The van der Waals surface area contributed by atoms with E-state index >= 15 is 0 Å². The third-order valence-corrected chi connectivity index (χ3v) is 3.83. The van der Waals surface area contributed by atoms with Crippen molar-refractivity contribution in [1.29, 1.82) is 0 Å². The van der Waals surface area contributed by atoms with Crippen molar-refractivity contribution >= 4 is 10.0 Å². The molecule has 1 rings (SSSR count). The highest BCUT2D eigenvalue weighted by atomic mass is 32.2. The van der Waals surface area contributed by atoms with Gasteiger partial charge in [0.1, 0.15) is 6.54 Å². The molecule has 0 aromatic carbocycles. The predicted molar refractivity (Wildman–Crippen MR) is 49.8 cm³/mol. The number of halogens is 3. The number of alkyl halides is 3. The average Bonchev–Trinajstić information content (AvgIpc) is 2.76. The number of nitrogens with zero attached hydrogens (tertiary/aromatic N) is 1. The Kier molecular flexibility index (Phi) is 3.35. The van der Waals surface area contributed by atoms with Gasteiger partial charge in [0.15, 0.2) is 0 Å². The number of rotatable bonds is 4. The van der Waals surface area contributed by atoms with Crippen molar-refractivity contribution in [2.24, 2.45) is 5.92 Å². The molecule has 1 aliphatic rings. The lowest BCUT2D eigenvalue weighted by atomic mass is 10.2. The first kappa shape index (κ1) is 12.8. The van der Waals surface area contributed by atoms with Gasteiger partial charge in [0, 0.05) is 6.04 Å². The van der Waals surface area contributed by atoms with E-state index in [9.17, 15) is 21.6 Å². The molecule has 3 nitrogen and oxygen atoms in total. The highest BCUT2D eigenvalue weighted by molar-refractivity contribution is 7.88. The molecule has 0 bridgehead atoms. The van der Waals surface area contributed by atoms with Crippen LogP contribution in [0.25, 0.3) is 0 Å². The van der Waals surface area contributed by atoms with Crippen LogP contribution in [-0.4, -0.2) is 37.7 Å². The zero-order valence-electron chi connectivity index (χ0n) is 8.58. The van der Waals surface area contributed by atoms with Crippen LogP contribution in [0.2, 0.25) is 0 Å². The van der Waals surface area contributed by atoms with E-state index in [2.05, 4.69) is 0 Å². The summed E-state index contributed by atoms with van der Waals surface area (Å²) in [6, 6.07) is -0.554. The number of hydrogen-bond acceptors (Lipinski definition) is 2. The Bertz CT molecular complexity index is 321. The zero-order valence-corrected chi connectivity index (χ0v) is 9.40. The predicted octanol–water partition coefficient (Wildman–Crippen LogP) is 1.61. The molecule has 0 N–H and O–H groups in total. The van der Waals surface area contributed by atoms with Crippen molar-refractivity contribution in [1.82, 2.24) is 4.31 Å². The van der Waals surface area contributed by atoms with Gasteiger partial charge in [-0.2, -0.15) is 17.5 Å². The Labute approximate surface area is 87.3 Å². The summed E-state index contributed by atoms with van der Waals surface area (Å²) in [4.78, 5) is 0. The van der Waals surface area contributed by atoms with Crippen LogP contribution in [-0.2, 0) is 10.0 Å². The Morgan fingerprint density at radius 2 is 1.87 bits per heavy atom. The second-order valence-corrected chi connectivity index (χ2v) is 5.94. The van der Waals surface area contributed by atoms with Crippen LogP contribution >= 0.6 is 0 Å². The van der Waals surface area contributed by atoms with Crippen LogP contribution in [0.3, 0.4) is 0 Å². The van der Waals surface area contributed by atoms with E-state index in [1.165, 1.54) is 6.92 Å². The van der Waals surface area contributed by atoms with Crippen molar-refractivity contribution in [2.45, 2.75) is 32.0 Å². The molecule has 0 radical (unpaired) electrons. The summed E-state index contributed by atoms with van der Waals surface area (Å²) < 4.78 is 59.5. The molecule has 1 unspecified atom stereocenters. The van der Waals surface area contributed by atoms with Gasteiger partial charge in [0.05, 0.1) is 6.26 Å². The summed E-state index contributed by atoms with van der Waals surface area (Å²) >= 11 is 0. The van der Waals surface area contributed by atoms with E-state index < -0.39 is 28.8 Å². The number of sulfonamides is 1. The number of hydrogen-bond donors (Lipinski definition) is 0. The quantitative estimate of drug-likeness (QED) is 0.754. The van der Waals surface area contributed by atoms with Crippen molar-refractivity contribution in [3.05, 3.63) is 0 Å². The first-order chi connectivity index (χ1) is 6.61. The Balaban J connectivity index is 2.78. The van der Waals surface area contributed by atoms with E-state index in [-0.39, 0.29) is 5.92 Å². The molecule has 0 spiro atoms. The molecule has 7 heteroatoms. The average molecular weight is 245 g/mol. The van der Waals surface area contributed by atoms with E-state index in [1.807, 2.05) is 0 Å². The van der Waals surface area contributed by atoms with Crippen molar-refractivity contribution in [3.8, 4) is 0 Å². The van der Waals surface area contributed by atoms with E-state index in [0.717, 1.165) is 19.1 Å². The lowest BCUT2D eigenvalue weighted by Crippen LogP contribution is -2.44. The SMILES string of the molecule is CC(C1CC1)N(CC(F)(F)F)S(C)(=O)=O. The maximum absolute atomic E-state index is 12.2. The maximum Gasteiger partial charge on any atom is 0.402 e. The Morgan fingerprint density at radius 3 is 2.13 bits per heavy atom. The monoisotopic (exact) mass is 245 g/mol. The van der Waals surface area contributed by atoms with Crippen LogP contribution in [0, 0.1) is 5.92 Å². The lowest BCUT2D eigenvalue weighted by molar-refractivity contribution is -0.139. The molecule has 0 heterocycles. The van der Waals surface area contributed by atoms with Gasteiger partial charge in [0.2, 0.25) is 10.0 Å². The molecule has 0 aromatic rings.